The number of pyridine rings is 1. The fourth-order valence-electron chi connectivity index (χ4n) is 2.24. The summed E-state index contributed by atoms with van der Waals surface area (Å²) in [5.74, 6) is -0.209. The van der Waals surface area contributed by atoms with Gasteiger partial charge in [-0.2, -0.15) is 0 Å². The standard InChI is InChI=1S/C17H21ClN4O/c1-21(2)11-13-9-8-12(10-19-13)17(23)20-15-7-5-6-14(18)16(15)22(3)4/h5-10H,11H2,1-4H3,(H,20,23). The SMILES string of the molecule is CN(C)Cc1ccc(C(=O)Nc2cccc(Cl)c2N(C)C)cn1. The van der Waals surface area contributed by atoms with E-state index < -0.39 is 0 Å². The maximum atomic E-state index is 12.4. The largest absolute Gasteiger partial charge is 0.375 e. The Morgan fingerprint density at radius 1 is 1.17 bits per heavy atom. The Morgan fingerprint density at radius 3 is 2.48 bits per heavy atom. The van der Waals surface area contributed by atoms with Gasteiger partial charge in [0.05, 0.1) is 27.7 Å². The summed E-state index contributed by atoms with van der Waals surface area (Å²) in [6.45, 7) is 0.737. The molecule has 0 aliphatic heterocycles. The summed E-state index contributed by atoms with van der Waals surface area (Å²) in [6, 6.07) is 9.07. The van der Waals surface area contributed by atoms with Crippen molar-refractivity contribution in [2.75, 3.05) is 38.4 Å². The second-order valence-electron chi connectivity index (χ2n) is 5.76. The Morgan fingerprint density at radius 2 is 1.91 bits per heavy atom. The molecular formula is C17H21ClN4O. The zero-order chi connectivity index (χ0) is 17.0. The fourth-order valence-corrected chi connectivity index (χ4v) is 2.59. The number of carbonyl (C=O) groups is 1. The third-order valence-corrected chi connectivity index (χ3v) is 3.55. The molecule has 0 bridgehead atoms. The molecule has 2 aromatic rings. The van der Waals surface area contributed by atoms with Crippen LogP contribution >= 0.6 is 11.6 Å². The quantitative estimate of drug-likeness (QED) is 0.914. The van der Waals surface area contributed by atoms with E-state index in [1.54, 1.807) is 18.3 Å². The van der Waals surface area contributed by atoms with Gasteiger partial charge in [0.25, 0.3) is 5.91 Å². The number of para-hydroxylation sites is 1. The molecule has 2 rings (SSSR count). The topological polar surface area (TPSA) is 48.5 Å². The van der Waals surface area contributed by atoms with Gasteiger partial charge in [0, 0.05) is 26.8 Å². The lowest BCUT2D eigenvalue weighted by Gasteiger charge is -2.19. The first kappa shape index (κ1) is 17.2. The molecule has 5 nitrogen and oxygen atoms in total. The molecule has 0 fully saturated rings. The number of nitrogens with one attached hydrogen (secondary N) is 1. The normalized spacial score (nSPS) is 10.7. The first-order valence-corrected chi connectivity index (χ1v) is 7.63. The molecule has 0 saturated carbocycles. The van der Waals surface area contributed by atoms with E-state index in [-0.39, 0.29) is 5.91 Å². The number of benzene rings is 1. The van der Waals surface area contributed by atoms with Gasteiger partial charge < -0.3 is 15.1 Å². The van der Waals surface area contributed by atoms with Gasteiger partial charge in [-0.05, 0) is 38.4 Å². The van der Waals surface area contributed by atoms with Crippen LogP contribution in [-0.4, -0.2) is 44.0 Å². The van der Waals surface area contributed by atoms with Gasteiger partial charge in [-0.3, -0.25) is 9.78 Å². The molecule has 1 N–H and O–H groups in total. The molecule has 0 spiro atoms. The summed E-state index contributed by atoms with van der Waals surface area (Å²) in [5, 5.41) is 3.48. The number of anilines is 2. The number of amides is 1. The molecule has 122 valence electrons. The fraction of sp³-hybridized carbons (Fsp3) is 0.294. The Kier molecular flexibility index (Phi) is 5.58. The number of hydrogen-bond acceptors (Lipinski definition) is 4. The molecule has 0 aliphatic carbocycles. The van der Waals surface area contributed by atoms with Crippen LogP contribution < -0.4 is 10.2 Å². The summed E-state index contributed by atoms with van der Waals surface area (Å²) < 4.78 is 0. The lowest BCUT2D eigenvalue weighted by molar-refractivity contribution is 0.102. The van der Waals surface area contributed by atoms with Crippen LogP contribution in [0.1, 0.15) is 16.1 Å². The van der Waals surface area contributed by atoms with Gasteiger partial charge in [-0.15, -0.1) is 0 Å². The Hall–Kier alpha value is -2.11. The summed E-state index contributed by atoms with van der Waals surface area (Å²) in [6.07, 6.45) is 1.59. The van der Waals surface area contributed by atoms with E-state index in [1.165, 1.54) is 0 Å². The molecular weight excluding hydrogens is 312 g/mol. The zero-order valence-electron chi connectivity index (χ0n) is 13.8. The summed E-state index contributed by atoms with van der Waals surface area (Å²) >= 11 is 6.21. The molecule has 1 aromatic heterocycles. The molecule has 6 heteroatoms. The van der Waals surface area contributed by atoms with Gasteiger partial charge in [0.2, 0.25) is 0 Å². The Labute approximate surface area is 141 Å². The maximum Gasteiger partial charge on any atom is 0.257 e. The van der Waals surface area contributed by atoms with E-state index in [1.807, 2.05) is 56.2 Å². The number of aromatic nitrogens is 1. The van der Waals surface area contributed by atoms with Crippen LogP contribution in [0.4, 0.5) is 11.4 Å². The minimum absolute atomic E-state index is 0.209. The van der Waals surface area contributed by atoms with Crippen molar-refractivity contribution in [1.29, 1.82) is 0 Å². The van der Waals surface area contributed by atoms with Crippen molar-refractivity contribution in [3.63, 3.8) is 0 Å². The number of hydrogen-bond donors (Lipinski definition) is 1. The first-order chi connectivity index (χ1) is 10.9. The highest BCUT2D eigenvalue weighted by Crippen LogP contribution is 2.32. The van der Waals surface area contributed by atoms with Crippen molar-refractivity contribution in [3.8, 4) is 0 Å². The molecule has 23 heavy (non-hydrogen) atoms. The van der Waals surface area contributed by atoms with E-state index in [0.717, 1.165) is 17.9 Å². The van der Waals surface area contributed by atoms with Gasteiger partial charge >= 0.3 is 0 Å². The summed E-state index contributed by atoms with van der Waals surface area (Å²) in [4.78, 5) is 20.6. The molecule has 0 saturated heterocycles. The average molecular weight is 333 g/mol. The van der Waals surface area contributed by atoms with Crippen molar-refractivity contribution >= 4 is 28.9 Å². The average Bonchev–Trinajstić information content (AvgIpc) is 2.47. The lowest BCUT2D eigenvalue weighted by atomic mass is 10.2. The Balaban J connectivity index is 2.18. The van der Waals surface area contributed by atoms with E-state index >= 15 is 0 Å². The molecule has 0 unspecified atom stereocenters. The third kappa shape index (κ3) is 4.43. The number of halogens is 1. The number of carbonyl (C=O) groups excluding carboxylic acids is 1. The van der Waals surface area contributed by atoms with Crippen LogP contribution in [0, 0.1) is 0 Å². The van der Waals surface area contributed by atoms with Crippen LogP contribution in [0.2, 0.25) is 5.02 Å². The minimum Gasteiger partial charge on any atom is -0.375 e. The van der Waals surface area contributed by atoms with E-state index in [0.29, 0.717) is 16.3 Å². The molecule has 0 aliphatic rings. The van der Waals surface area contributed by atoms with Crippen molar-refractivity contribution in [1.82, 2.24) is 9.88 Å². The van der Waals surface area contributed by atoms with Crippen LogP contribution in [0.3, 0.4) is 0 Å². The van der Waals surface area contributed by atoms with Crippen LogP contribution in [0.25, 0.3) is 0 Å². The van der Waals surface area contributed by atoms with Crippen molar-refractivity contribution in [2.45, 2.75) is 6.54 Å². The monoisotopic (exact) mass is 332 g/mol. The second-order valence-corrected chi connectivity index (χ2v) is 6.17. The minimum atomic E-state index is -0.209. The summed E-state index contributed by atoms with van der Waals surface area (Å²) in [7, 11) is 7.72. The highest BCUT2D eigenvalue weighted by molar-refractivity contribution is 6.34. The number of nitrogens with zero attached hydrogens (tertiary/aromatic N) is 3. The van der Waals surface area contributed by atoms with Gasteiger partial charge in [0.1, 0.15) is 0 Å². The first-order valence-electron chi connectivity index (χ1n) is 7.25. The van der Waals surface area contributed by atoms with Crippen LogP contribution in [0.5, 0.6) is 0 Å². The number of rotatable bonds is 5. The third-order valence-electron chi connectivity index (χ3n) is 3.25. The van der Waals surface area contributed by atoms with E-state index in [4.69, 9.17) is 11.6 Å². The molecule has 1 heterocycles. The van der Waals surface area contributed by atoms with Gasteiger partial charge in [-0.25, -0.2) is 0 Å². The van der Waals surface area contributed by atoms with Crippen molar-refractivity contribution in [3.05, 3.63) is 52.8 Å². The lowest BCUT2D eigenvalue weighted by Crippen LogP contribution is -2.17. The van der Waals surface area contributed by atoms with Crippen LogP contribution in [0.15, 0.2) is 36.5 Å². The molecule has 0 atom stereocenters. The predicted octanol–water partition coefficient (Wildman–Crippen LogP) is 3.11. The van der Waals surface area contributed by atoms with Gasteiger partial charge in [0.15, 0.2) is 0 Å². The van der Waals surface area contributed by atoms with Crippen LogP contribution in [-0.2, 0) is 6.54 Å². The molecule has 1 aromatic carbocycles. The molecule has 1 amide bonds. The van der Waals surface area contributed by atoms with Crippen molar-refractivity contribution < 1.29 is 4.79 Å². The molecule has 0 radical (unpaired) electrons. The zero-order valence-corrected chi connectivity index (χ0v) is 14.6. The highest BCUT2D eigenvalue weighted by atomic mass is 35.5. The summed E-state index contributed by atoms with van der Waals surface area (Å²) in [5.41, 5.74) is 2.88. The van der Waals surface area contributed by atoms with Gasteiger partial charge in [-0.1, -0.05) is 17.7 Å². The van der Waals surface area contributed by atoms with E-state index in [9.17, 15) is 4.79 Å². The van der Waals surface area contributed by atoms with Crippen molar-refractivity contribution in [2.24, 2.45) is 0 Å². The second kappa shape index (κ2) is 7.44. The van der Waals surface area contributed by atoms with E-state index in [2.05, 4.69) is 10.3 Å². The highest BCUT2D eigenvalue weighted by Gasteiger charge is 2.13. The Bertz CT molecular complexity index is 683. The smallest absolute Gasteiger partial charge is 0.257 e. The predicted molar refractivity (Wildman–Crippen MR) is 95.4 cm³/mol. The maximum absolute atomic E-state index is 12.4.